The molecule has 1 fully saturated rings. The highest BCUT2D eigenvalue weighted by molar-refractivity contribution is 5.91. The molecule has 1 aromatic carbocycles. The second-order valence-electron chi connectivity index (χ2n) is 6.23. The number of carbonyl (C=O) groups excluding carboxylic acids is 1. The van der Waals surface area contributed by atoms with E-state index >= 15 is 0 Å². The normalized spacial score (nSPS) is 21.4. The lowest BCUT2D eigenvalue weighted by molar-refractivity contribution is -0.116. The summed E-state index contributed by atoms with van der Waals surface area (Å²) >= 11 is 0. The average molecular weight is 290 g/mol. The summed E-state index contributed by atoms with van der Waals surface area (Å²) in [6.07, 6.45) is 5.53. The zero-order chi connectivity index (χ0) is 15.3. The summed E-state index contributed by atoms with van der Waals surface area (Å²) in [5.41, 5.74) is 1.01. The number of piperidine rings is 1. The van der Waals surface area contributed by atoms with Crippen molar-refractivity contribution in [3.63, 3.8) is 0 Å². The molecular weight excluding hydrogens is 267 g/mol. The summed E-state index contributed by atoms with van der Waals surface area (Å²) in [5.74, 6) is -0.398. The van der Waals surface area contributed by atoms with Crippen molar-refractivity contribution >= 4 is 12.0 Å². The maximum atomic E-state index is 12.8. The Morgan fingerprint density at radius 3 is 2.81 bits per heavy atom. The third-order valence-corrected chi connectivity index (χ3v) is 4.11. The van der Waals surface area contributed by atoms with Crippen LogP contribution < -0.4 is 10.6 Å². The molecule has 1 aliphatic rings. The van der Waals surface area contributed by atoms with E-state index in [1.165, 1.54) is 31.1 Å². The maximum Gasteiger partial charge on any atom is 0.244 e. The van der Waals surface area contributed by atoms with Gasteiger partial charge in [-0.15, -0.1) is 0 Å². The number of hydrogen-bond acceptors (Lipinski definition) is 2. The Balaban J connectivity index is 1.83. The summed E-state index contributed by atoms with van der Waals surface area (Å²) in [4.78, 5) is 11.8. The first-order chi connectivity index (χ1) is 9.97. The van der Waals surface area contributed by atoms with E-state index in [4.69, 9.17) is 0 Å². The van der Waals surface area contributed by atoms with Crippen LogP contribution in [0.25, 0.3) is 6.08 Å². The lowest BCUT2D eigenvalue weighted by Gasteiger charge is -2.39. The SMILES string of the molecule is CC1(C)CCCNC1CNC(=O)/C=C/c1ccc(F)cc1. The predicted molar refractivity (Wildman–Crippen MR) is 83.2 cm³/mol. The van der Waals surface area contributed by atoms with Gasteiger partial charge in [-0.05, 0) is 48.6 Å². The molecule has 3 nitrogen and oxygen atoms in total. The summed E-state index contributed by atoms with van der Waals surface area (Å²) in [7, 11) is 0. The number of hydrogen-bond donors (Lipinski definition) is 2. The molecule has 0 saturated carbocycles. The van der Waals surface area contributed by atoms with Gasteiger partial charge < -0.3 is 10.6 Å². The smallest absolute Gasteiger partial charge is 0.244 e. The van der Waals surface area contributed by atoms with Crippen LogP contribution in [-0.4, -0.2) is 25.0 Å². The summed E-state index contributed by atoms with van der Waals surface area (Å²) in [5, 5.41) is 6.39. The quantitative estimate of drug-likeness (QED) is 0.837. The van der Waals surface area contributed by atoms with Crippen molar-refractivity contribution in [1.82, 2.24) is 10.6 Å². The van der Waals surface area contributed by atoms with Crippen molar-refractivity contribution in [3.05, 3.63) is 41.7 Å². The highest BCUT2D eigenvalue weighted by Gasteiger charge is 2.31. The number of nitrogens with one attached hydrogen (secondary N) is 2. The van der Waals surface area contributed by atoms with Crippen molar-refractivity contribution in [2.75, 3.05) is 13.1 Å². The van der Waals surface area contributed by atoms with E-state index in [1.54, 1.807) is 18.2 Å². The Morgan fingerprint density at radius 2 is 2.14 bits per heavy atom. The molecule has 1 unspecified atom stereocenters. The standard InChI is InChI=1S/C17H23FN2O/c1-17(2)10-3-11-19-15(17)12-20-16(21)9-6-13-4-7-14(18)8-5-13/h4-9,15,19H,3,10-12H2,1-2H3,(H,20,21)/b9-6+. The minimum Gasteiger partial charge on any atom is -0.351 e. The first-order valence-electron chi connectivity index (χ1n) is 7.42. The molecule has 1 amide bonds. The topological polar surface area (TPSA) is 41.1 Å². The van der Waals surface area contributed by atoms with Crippen LogP contribution in [-0.2, 0) is 4.79 Å². The van der Waals surface area contributed by atoms with Gasteiger partial charge in [0.2, 0.25) is 5.91 Å². The van der Waals surface area contributed by atoms with Crippen LogP contribution in [0.5, 0.6) is 0 Å². The van der Waals surface area contributed by atoms with Gasteiger partial charge in [0.15, 0.2) is 0 Å². The van der Waals surface area contributed by atoms with Gasteiger partial charge in [0.25, 0.3) is 0 Å². The molecule has 0 aromatic heterocycles. The van der Waals surface area contributed by atoms with Crippen LogP contribution in [0, 0.1) is 11.2 Å². The Bertz CT molecular complexity index is 508. The number of rotatable bonds is 4. The van der Waals surface area contributed by atoms with Gasteiger partial charge in [0.1, 0.15) is 5.82 Å². The third kappa shape index (κ3) is 4.67. The fourth-order valence-electron chi connectivity index (χ4n) is 2.63. The first-order valence-corrected chi connectivity index (χ1v) is 7.42. The highest BCUT2D eigenvalue weighted by Crippen LogP contribution is 2.29. The van der Waals surface area contributed by atoms with Crippen LogP contribution in [0.2, 0.25) is 0 Å². The molecule has 2 rings (SSSR count). The lowest BCUT2D eigenvalue weighted by Crippen LogP contribution is -2.52. The van der Waals surface area contributed by atoms with Crippen molar-refractivity contribution in [2.45, 2.75) is 32.7 Å². The van der Waals surface area contributed by atoms with E-state index in [-0.39, 0.29) is 17.1 Å². The van der Waals surface area contributed by atoms with Crippen LogP contribution in [0.3, 0.4) is 0 Å². The van der Waals surface area contributed by atoms with Gasteiger partial charge in [-0.2, -0.15) is 0 Å². The largest absolute Gasteiger partial charge is 0.351 e. The molecule has 0 bridgehead atoms. The lowest BCUT2D eigenvalue weighted by atomic mass is 9.77. The zero-order valence-corrected chi connectivity index (χ0v) is 12.7. The minimum atomic E-state index is -0.276. The van der Waals surface area contributed by atoms with Crippen molar-refractivity contribution in [3.8, 4) is 0 Å². The Hall–Kier alpha value is -1.68. The van der Waals surface area contributed by atoms with Crippen molar-refractivity contribution in [1.29, 1.82) is 0 Å². The zero-order valence-electron chi connectivity index (χ0n) is 12.7. The number of halogens is 1. The van der Waals surface area contributed by atoms with Gasteiger partial charge >= 0.3 is 0 Å². The number of benzene rings is 1. The van der Waals surface area contributed by atoms with Crippen molar-refractivity contribution in [2.24, 2.45) is 5.41 Å². The van der Waals surface area contributed by atoms with Crippen LogP contribution >= 0.6 is 0 Å². The van der Waals surface area contributed by atoms with E-state index in [1.807, 2.05) is 0 Å². The molecule has 114 valence electrons. The van der Waals surface area contributed by atoms with Crippen molar-refractivity contribution < 1.29 is 9.18 Å². The molecule has 4 heteroatoms. The molecule has 0 radical (unpaired) electrons. The van der Waals surface area contributed by atoms with Gasteiger partial charge in [0, 0.05) is 18.7 Å². The second-order valence-corrected chi connectivity index (χ2v) is 6.23. The number of carbonyl (C=O) groups is 1. The predicted octanol–water partition coefficient (Wildman–Crippen LogP) is 2.73. The molecule has 0 aliphatic carbocycles. The van der Waals surface area contributed by atoms with Crippen LogP contribution in [0.15, 0.2) is 30.3 Å². The van der Waals surface area contributed by atoms with Gasteiger partial charge in [-0.3, -0.25) is 4.79 Å². The monoisotopic (exact) mass is 290 g/mol. The Morgan fingerprint density at radius 1 is 1.43 bits per heavy atom. The molecule has 21 heavy (non-hydrogen) atoms. The van der Waals surface area contributed by atoms with Gasteiger partial charge in [0.05, 0.1) is 0 Å². The fraction of sp³-hybridized carbons (Fsp3) is 0.471. The van der Waals surface area contributed by atoms with E-state index < -0.39 is 0 Å². The Labute approximate surface area is 125 Å². The van der Waals surface area contributed by atoms with Gasteiger partial charge in [-0.1, -0.05) is 26.0 Å². The second kappa shape index (κ2) is 6.85. The van der Waals surface area contributed by atoms with E-state index in [0.29, 0.717) is 12.6 Å². The average Bonchev–Trinajstić information content (AvgIpc) is 2.45. The van der Waals surface area contributed by atoms with E-state index in [2.05, 4.69) is 24.5 Å². The highest BCUT2D eigenvalue weighted by atomic mass is 19.1. The summed E-state index contributed by atoms with van der Waals surface area (Å²) in [6, 6.07) is 6.35. The minimum absolute atomic E-state index is 0.123. The number of amides is 1. The molecule has 1 saturated heterocycles. The molecule has 2 N–H and O–H groups in total. The molecule has 1 aliphatic heterocycles. The van der Waals surface area contributed by atoms with Crippen LogP contribution in [0.1, 0.15) is 32.3 Å². The molecule has 1 atom stereocenters. The van der Waals surface area contributed by atoms with Crippen LogP contribution in [0.4, 0.5) is 4.39 Å². The van der Waals surface area contributed by atoms with E-state index in [9.17, 15) is 9.18 Å². The Kier molecular flexibility index (Phi) is 5.12. The molecule has 0 spiro atoms. The summed E-state index contributed by atoms with van der Waals surface area (Å²) in [6.45, 7) is 6.09. The summed E-state index contributed by atoms with van der Waals surface area (Å²) < 4.78 is 12.8. The molecular formula is C17H23FN2O. The fourth-order valence-corrected chi connectivity index (χ4v) is 2.63. The third-order valence-electron chi connectivity index (χ3n) is 4.11. The van der Waals surface area contributed by atoms with Gasteiger partial charge in [-0.25, -0.2) is 4.39 Å². The molecule has 1 heterocycles. The maximum absolute atomic E-state index is 12.8. The molecule has 1 aromatic rings. The van der Waals surface area contributed by atoms with E-state index in [0.717, 1.165) is 12.1 Å². The first kappa shape index (κ1) is 15.7.